The molecule has 0 unspecified atom stereocenters. The van der Waals surface area contributed by atoms with Crippen molar-refractivity contribution in [3.8, 4) is 11.5 Å². The molecule has 1 heterocycles. The SMILES string of the molecule is CC(=C(F)C(=O)O)c1ccc2c(c1)OCCCO2. The van der Waals surface area contributed by atoms with E-state index in [1.54, 1.807) is 18.2 Å². The van der Waals surface area contributed by atoms with Crippen molar-refractivity contribution in [3.05, 3.63) is 29.6 Å². The molecular formula is C13H13FO4. The van der Waals surface area contributed by atoms with Gasteiger partial charge in [-0.05, 0) is 30.2 Å². The molecule has 2 rings (SSSR count). The molecule has 0 aromatic heterocycles. The monoisotopic (exact) mass is 252 g/mol. The average Bonchev–Trinajstić information content (AvgIpc) is 2.60. The van der Waals surface area contributed by atoms with E-state index in [1.165, 1.54) is 6.92 Å². The summed E-state index contributed by atoms with van der Waals surface area (Å²) in [6.07, 6.45) is 0.780. The van der Waals surface area contributed by atoms with Crippen LogP contribution in [0.5, 0.6) is 11.5 Å². The largest absolute Gasteiger partial charge is 0.490 e. The summed E-state index contributed by atoms with van der Waals surface area (Å²) in [4.78, 5) is 10.6. The third-order valence-electron chi connectivity index (χ3n) is 2.70. The smallest absolute Gasteiger partial charge is 0.365 e. The number of rotatable bonds is 2. The first kappa shape index (κ1) is 12.4. The molecule has 0 amide bonds. The second-order valence-corrected chi connectivity index (χ2v) is 3.96. The number of carbonyl (C=O) groups is 1. The van der Waals surface area contributed by atoms with Crippen molar-refractivity contribution in [2.75, 3.05) is 13.2 Å². The van der Waals surface area contributed by atoms with Crippen LogP contribution in [0.4, 0.5) is 4.39 Å². The van der Waals surface area contributed by atoms with Crippen LogP contribution in [0.1, 0.15) is 18.9 Å². The van der Waals surface area contributed by atoms with E-state index < -0.39 is 11.8 Å². The summed E-state index contributed by atoms with van der Waals surface area (Å²) in [5.41, 5.74) is 0.539. The van der Waals surface area contributed by atoms with Gasteiger partial charge in [-0.15, -0.1) is 0 Å². The number of allylic oxidation sites excluding steroid dienone is 1. The number of benzene rings is 1. The Balaban J connectivity index is 2.39. The number of hydrogen-bond acceptors (Lipinski definition) is 3. The molecule has 0 spiro atoms. The Bertz CT molecular complexity index is 508. The van der Waals surface area contributed by atoms with Crippen LogP contribution in [0.2, 0.25) is 0 Å². The van der Waals surface area contributed by atoms with E-state index in [4.69, 9.17) is 14.6 Å². The van der Waals surface area contributed by atoms with Crippen molar-refractivity contribution in [3.63, 3.8) is 0 Å². The zero-order chi connectivity index (χ0) is 13.1. The number of carboxylic acid groups (broad SMARTS) is 1. The first-order valence-electron chi connectivity index (χ1n) is 5.59. The van der Waals surface area contributed by atoms with E-state index in [9.17, 15) is 9.18 Å². The predicted octanol–water partition coefficient (Wildman–Crippen LogP) is 2.63. The molecule has 0 radical (unpaired) electrons. The maximum Gasteiger partial charge on any atom is 0.365 e. The lowest BCUT2D eigenvalue weighted by Crippen LogP contribution is -1.99. The van der Waals surface area contributed by atoms with E-state index in [0.717, 1.165) is 6.42 Å². The summed E-state index contributed by atoms with van der Waals surface area (Å²) in [6, 6.07) is 4.87. The Morgan fingerprint density at radius 1 is 1.28 bits per heavy atom. The molecule has 1 aromatic rings. The number of halogens is 1. The van der Waals surface area contributed by atoms with Crippen LogP contribution in [-0.4, -0.2) is 24.3 Å². The minimum atomic E-state index is -1.57. The first-order chi connectivity index (χ1) is 8.59. The number of carboxylic acids is 1. The zero-order valence-corrected chi connectivity index (χ0v) is 9.90. The van der Waals surface area contributed by atoms with Crippen LogP contribution in [0, 0.1) is 0 Å². The van der Waals surface area contributed by atoms with Crippen LogP contribution in [0.3, 0.4) is 0 Å². The van der Waals surface area contributed by atoms with E-state index in [-0.39, 0.29) is 5.57 Å². The fourth-order valence-corrected chi connectivity index (χ4v) is 1.68. The van der Waals surface area contributed by atoms with E-state index in [1.807, 2.05) is 0 Å². The Kier molecular flexibility index (Phi) is 3.50. The van der Waals surface area contributed by atoms with Crippen molar-refractivity contribution in [1.29, 1.82) is 0 Å². The van der Waals surface area contributed by atoms with Crippen LogP contribution in [0.15, 0.2) is 24.0 Å². The van der Waals surface area contributed by atoms with E-state index >= 15 is 0 Å². The molecule has 0 aliphatic carbocycles. The number of aliphatic carboxylic acids is 1. The molecule has 1 aliphatic rings. The van der Waals surface area contributed by atoms with Crippen LogP contribution < -0.4 is 9.47 Å². The van der Waals surface area contributed by atoms with Gasteiger partial charge in [0.05, 0.1) is 13.2 Å². The molecule has 18 heavy (non-hydrogen) atoms. The van der Waals surface area contributed by atoms with Crippen LogP contribution in [-0.2, 0) is 4.79 Å². The Morgan fingerprint density at radius 2 is 1.94 bits per heavy atom. The molecule has 0 saturated carbocycles. The van der Waals surface area contributed by atoms with Gasteiger partial charge in [-0.2, -0.15) is 4.39 Å². The van der Waals surface area contributed by atoms with Crippen molar-refractivity contribution in [2.45, 2.75) is 13.3 Å². The zero-order valence-electron chi connectivity index (χ0n) is 9.90. The van der Waals surface area contributed by atoms with Gasteiger partial charge in [0.2, 0.25) is 5.83 Å². The maximum atomic E-state index is 13.3. The quantitative estimate of drug-likeness (QED) is 0.822. The molecular weight excluding hydrogens is 239 g/mol. The van der Waals surface area contributed by atoms with Gasteiger partial charge < -0.3 is 14.6 Å². The van der Waals surface area contributed by atoms with Crippen molar-refractivity contribution in [1.82, 2.24) is 0 Å². The topological polar surface area (TPSA) is 55.8 Å². The number of hydrogen-bond donors (Lipinski definition) is 1. The summed E-state index contributed by atoms with van der Waals surface area (Å²) in [7, 11) is 0. The van der Waals surface area contributed by atoms with Crippen molar-refractivity contribution >= 4 is 11.5 Å². The van der Waals surface area contributed by atoms with Crippen molar-refractivity contribution in [2.24, 2.45) is 0 Å². The fourth-order valence-electron chi connectivity index (χ4n) is 1.68. The molecule has 1 aromatic carbocycles. The van der Waals surface area contributed by atoms with Gasteiger partial charge in [0.15, 0.2) is 11.5 Å². The lowest BCUT2D eigenvalue weighted by Gasteiger charge is -2.09. The van der Waals surface area contributed by atoms with Gasteiger partial charge in [-0.25, -0.2) is 4.79 Å². The number of ether oxygens (including phenoxy) is 2. The lowest BCUT2D eigenvalue weighted by molar-refractivity contribution is -0.134. The van der Waals surface area contributed by atoms with Crippen LogP contribution in [0.25, 0.3) is 5.57 Å². The molecule has 96 valence electrons. The normalized spacial score (nSPS) is 15.7. The van der Waals surface area contributed by atoms with Gasteiger partial charge >= 0.3 is 5.97 Å². The minimum absolute atomic E-state index is 0.0677. The second kappa shape index (κ2) is 5.08. The first-order valence-corrected chi connectivity index (χ1v) is 5.59. The minimum Gasteiger partial charge on any atom is -0.490 e. The van der Waals surface area contributed by atoms with Gasteiger partial charge in [0, 0.05) is 6.42 Å². The molecule has 4 nitrogen and oxygen atoms in total. The highest BCUT2D eigenvalue weighted by molar-refractivity contribution is 5.93. The Hall–Kier alpha value is -2.04. The fraction of sp³-hybridized carbons (Fsp3) is 0.308. The third-order valence-corrected chi connectivity index (χ3v) is 2.70. The summed E-state index contributed by atoms with van der Waals surface area (Å²) >= 11 is 0. The molecule has 1 aliphatic heterocycles. The highest BCUT2D eigenvalue weighted by Crippen LogP contribution is 2.33. The van der Waals surface area contributed by atoms with Gasteiger partial charge in [0.1, 0.15) is 0 Å². The van der Waals surface area contributed by atoms with Gasteiger partial charge in [-0.1, -0.05) is 6.07 Å². The van der Waals surface area contributed by atoms with E-state index in [2.05, 4.69) is 0 Å². The lowest BCUT2D eigenvalue weighted by atomic mass is 10.1. The highest BCUT2D eigenvalue weighted by atomic mass is 19.1. The second-order valence-electron chi connectivity index (χ2n) is 3.96. The standard InChI is InChI=1S/C13H13FO4/c1-8(12(14)13(15)16)9-3-4-10-11(7-9)18-6-2-5-17-10/h3-4,7H,2,5-6H2,1H3,(H,15,16). The van der Waals surface area contributed by atoms with E-state index in [0.29, 0.717) is 30.3 Å². The Labute approximate surface area is 104 Å². The average molecular weight is 252 g/mol. The highest BCUT2D eigenvalue weighted by Gasteiger charge is 2.15. The summed E-state index contributed by atoms with van der Waals surface area (Å²) in [5, 5.41) is 8.61. The van der Waals surface area contributed by atoms with Gasteiger partial charge in [0.25, 0.3) is 0 Å². The number of fused-ring (bicyclic) bond motifs is 1. The third kappa shape index (κ3) is 2.45. The molecule has 1 N–H and O–H groups in total. The summed E-state index contributed by atoms with van der Waals surface area (Å²) in [6.45, 7) is 2.52. The maximum absolute atomic E-state index is 13.3. The summed E-state index contributed by atoms with van der Waals surface area (Å²) < 4.78 is 24.2. The van der Waals surface area contributed by atoms with Gasteiger partial charge in [-0.3, -0.25) is 0 Å². The molecule has 0 fully saturated rings. The molecule has 0 atom stereocenters. The predicted molar refractivity (Wildman–Crippen MR) is 63.4 cm³/mol. The van der Waals surface area contributed by atoms with Crippen LogP contribution >= 0.6 is 0 Å². The summed E-state index contributed by atoms with van der Waals surface area (Å²) in [5.74, 6) is -1.62. The Morgan fingerprint density at radius 3 is 2.61 bits per heavy atom. The molecule has 5 heteroatoms. The molecule has 0 bridgehead atoms. The molecule has 0 saturated heterocycles. The van der Waals surface area contributed by atoms with Crippen molar-refractivity contribution < 1.29 is 23.8 Å².